The highest BCUT2D eigenvalue weighted by Gasteiger charge is 2.30. The maximum atomic E-state index is 12.9. The fourth-order valence-electron chi connectivity index (χ4n) is 1.60. The van der Waals surface area contributed by atoms with Crippen LogP contribution in [-0.2, 0) is 6.18 Å². The molecule has 1 N–H and O–H groups in total. The zero-order chi connectivity index (χ0) is 15.6. The van der Waals surface area contributed by atoms with Gasteiger partial charge in [0.15, 0.2) is 0 Å². The third-order valence-electron chi connectivity index (χ3n) is 2.65. The SMILES string of the molecule is O=C(Nc1ccc(F)cc1I)c1ccc(C(F)(F)F)cc1. The van der Waals surface area contributed by atoms with Crippen molar-refractivity contribution in [2.24, 2.45) is 0 Å². The molecule has 0 heterocycles. The van der Waals surface area contributed by atoms with Gasteiger partial charge in [0.05, 0.1) is 11.3 Å². The Kier molecular flexibility index (Phi) is 4.50. The summed E-state index contributed by atoms with van der Waals surface area (Å²) in [6.07, 6.45) is -4.44. The first-order valence-electron chi connectivity index (χ1n) is 5.71. The number of benzene rings is 2. The molecular formula is C14H8F4INO. The fraction of sp³-hybridized carbons (Fsp3) is 0.0714. The van der Waals surface area contributed by atoms with Crippen LogP contribution in [0, 0.1) is 9.39 Å². The first-order valence-corrected chi connectivity index (χ1v) is 6.79. The summed E-state index contributed by atoms with van der Waals surface area (Å²) in [5, 5.41) is 2.52. The number of halogens is 5. The smallest absolute Gasteiger partial charge is 0.321 e. The Balaban J connectivity index is 2.17. The summed E-state index contributed by atoms with van der Waals surface area (Å²) >= 11 is 1.85. The molecular weight excluding hydrogens is 401 g/mol. The van der Waals surface area contributed by atoms with Gasteiger partial charge in [-0.3, -0.25) is 4.79 Å². The van der Waals surface area contributed by atoms with Crippen molar-refractivity contribution in [1.82, 2.24) is 0 Å². The average molecular weight is 409 g/mol. The van der Waals surface area contributed by atoms with Gasteiger partial charge in [-0.2, -0.15) is 13.2 Å². The molecule has 0 saturated carbocycles. The molecule has 110 valence electrons. The zero-order valence-electron chi connectivity index (χ0n) is 10.3. The monoisotopic (exact) mass is 409 g/mol. The van der Waals surface area contributed by atoms with Crippen LogP contribution in [0.1, 0.15) is 15.9 Å². The van der Waals surface area contributed by atoms with Crippen molar-refractivity contribution >= 4 is 34.2 Å². The van der Waals surface area contributed by atoms with Crippen molar-refractivity contribution in [3.63, 3.8) is 0 Å². The lowest BCUT2D eigenvalue weighted by Crippen LogP contribution is -2.13. The number of amides is 1. The predicted molar refractivity (Wildman–Crippen MR) is 78.5 cm³/mol. The van der Waals surface area contributed by atoms with Crippen LogP contribution in [0.5, 0.6) is 0 Å². The summed E-state index contributed by atoms with van der Waals surface area (Å²) in [7, 11) is 0. The Hall–Kier alpha value is -1.64. The van der Waals surface area contributed by atoms with Crippen molar-refractivity contribution in [1.29, 1.82) is 0 Å². The number of hydrogen-bond donors (Lipinski definition) is 1. The second-order valence-electron chi connectivity index (χ2n) is 4.15. The number of anilines is 1. The highest BCUT2D eigenvalue weighted by atomic mass is 127. The molecule has 7 heteroatoms. The molecule has 2 aromatic rings. The van der Waals surface area contributed by atoms with Gasteiger partial charge in [0, 0.05) is 9.13 Å². The standard InChI is InChI=1S/C14H8F4INO/c15-10-5-6-12(11(19)7-10)20-13(21)8-1-3-9(4-2-8)14(16,17)18/h1-7H,(H,20,21). The highest BCUT2D eigenvalue weighted by molar-refractivity contribution is 14.1. The number of hydrogen-bond acceptors (Lipinski definition) is 1. The minimum atomic E-state index is -4.44. The summed E-state index contributed by atoms with van der Waals surface area (Å²) < 4.78 is 50.7. The van der Waals surface area contributed by atoms with E-state index in [-0.39, 0.29) is 5.56 Å². The minimum absolute atomic E-state index is 0.0862. The number of alkyl halides is 3. The van der Waals surface area contributed by atoms with Gasteiger partial charge in [-0.05, 0) is 65.1 Å². The predicted octanol–water partition coefficient (Wildman–Crippen LogP) is 4.70. The van der Waals surface area contributed by atoms with Gasteiger partial charge >= 0.3 is 6.18 Å². The van der Waals surface area contributed by atoms with E-state index in [1.54, 1.807) is 0 Å². The van der Waals surface area contributed by atoms with Crippen LogP contribution in [0.15, 0.2) is 42.5 Å². The summed E-state index contributed by atoms with van der Waals surface area (Å²) in [6.45, 7) is 0. The molecule has 0 spiro atoms. The van der Waals surface area contributed by atoms with Crippen LogP contribution in [0.4, 0.5) is 23.2 Å². The van der Waals surface area contributed by atoms with Crippen molar-refractivity contribution in [3.05, 3.63) is 63.0 Å². The third-order valence-corrected chi connectivity index (χ3v) is 3.55. The van der Waals surface area contributed by atoms with Crippen molar-refractivity contribution in [3.8, 4) is 0 Å². The van der Waals surface area contributed by atoms with Gasteiger partial charge < -0.3 is 5.32 Å². The van der Waals surface area contributed by atoms with Gasteiger partial charge in [0.25, 0.3) is 5.91 Å². The molecule has 2 rings (SSSR count). The Morgan fingerprint density at radius 1 is 1.05 bits per heavy atom. The van der Waals surface area contributed by atoms with E-state index in [1.807, 2.05) is 22.6 Å². The van der Waals surface area contributed by atoms with E-state index in [1.165, 1.54) is 18.2 Å². The first-order chi connectivity index (χ1) is 9.77. The van der Waals surface area contributed by atoms with E-state index in [9.17, 15) is 22.4 Å². The summed E-state index contributed by atoms with van der Waals surface area (Å²) in [6, 6.07) is 7.67. The first kappa shape index (κ1) is 15.7. The zero-order valence-corrected chi connectivity index (χ0v) is 12.5. The molecule has 0 fully saturated rings. The molecule has 0 aliphatic rings. The topological polar surface area (TPSA) is 29.1 Å². The third kappa shape index (κ3) is 3.93. The second-order valence-corrected chi connectivity index (χ2v) is 5.32. The van der Waals surface area contributed by atoms with Crippen molar-refractivity contribution in [2.75, 3.05) is 5.32 Å². The van der Waals surface area contributed by atoms with Crippen LogP contribution < -0.4 is 5.32 Å². The lowest BCUT2D eigenvalue weighted by Gasteiger charge is -2.09. The number of carbonyl (C=O) groups is 1. The summed E-state index contributed by atoms with van der Waals surface area (Å²) in [4.78, 5) is 11.9. The molecule has 0 aliphatic heterocycles. The van der Waals surface area contributed by atoms with E-state index < -0.39 is 23.5 Å². The van der Waals surface area contributed by atoms with Gasteiger partial charge in [-0.1, -0.05) is 0 Å². The largest absolute Gasteiger partial charge is 0.416 e. The number of carbonyl (C=O) groups excluding carboxylic acids is 1. The van der Waals surface area contributed by atoms with E-state index in [0.29, 0.717) is 9.26 Å². The van der Waals surface area contributed by atoms with Gasteiger partial charge in [0.1, 0.15) is 5.82 Å². The maximum absolute atomic E-state index is 12.9. The minimum Gasteiger partial charge on any atom is -0.321 e. The van der Waals surface area contributed by atoms with E-state index in [0.717, 1.165) is 24.3 Å². The van der Waals surface area contributed by atoms with Gasteiger partial charge in [-0.15, -0.1) is 0 Å². The fourth-order valence-corrected chi connectivity index (χ4v) is 2.21. The Labute approximate surface area is 131 Å². The Morgan fingerprint density at radius 3 is 2.19 bits per heavy atom. The van der Waals surface area contributed by atoms with Gasteiger partial charge in [-0.25, -0.2) is 4.39 Å². The molecule has 2 aromatic carbocycles. The van der Waals surface area contributed by atoms with Crippen LogP contribution in [0.25, 0.3) is 0 Å². The van der Waals surface area contributed by atoms with Crippen LogP contribution in [0.2, 0.25) is 0 Å². The quantitative estimate of drug-likeness (QED) is 0.566. The summed E-state index contributed by atoms with van der Waals surface area (Å²) in [5.74, 6) is -1.000. The average Bonchev–Trinajstić information content (AvgIpc) is 2.41. The lowest BCUT2D eigenvalue weighted by molar-refractivity contribution is -0.137. The molecule has 0 aromatic heterocycles. The number of rotatable bonds is 2. The Morgan fingerprint density at radius 2 is 1.67 bits per heavy atom. The molecule has 0 saturated heterocycles. The molecule has 0 bridgehead atoms. The summed E-state index contributed by atoms with van der Waals surface area (Å²) in [5.41, 5.74) is -0.347. The molecule has 0 aliphatic carbocycles. The van der Waals surface area contributed by atoms with Crippen molar-refractivity contribution in [2.45, 2.75) is 6.18 Å². The maximum Gasteiger partial charge on any atom is 0.416 e. The van der Waals surface area contributed by atoms with E-state index >= 15 is 0 Å². The van der Waals surface area contributed by atoms with Crippen LogP contribution in [-0.4, -0.2) is 5.91 Å². The second kappa shape index (κ2) is 6.00. The van der Waals surface area contributed by atoms with Crippen LogP contribution >= 0.6 is 22.6 Å². The molecule has 21 heavy (non-hydrogen) atoms. The Bertz CT molecular complexity index is 668. The normalized spacial score (nSPS) is 11.3. The highest BCUT2D eigenvalue weighted by Crippen LogP contribution is 2.29. The molecule has 0 atom stereocenters. The van der Waals surface area contributed by atoms with Crippen LogP contribution in [0.3, 0.4) is 0 Å². The molecule has 1 amide bonds. The molecule has 0 radical (unpaired) electrons. The molecule has 0 unspecified atom stereocenters. The van der Waals surface area contributed by atoms with Gasteiger partial charge in [0.2, 0.25) is 0 Å². The lowest BCUT2D eigenvalue weighted by atomic mass is 10.1. The number of nitrogens with one attached hydrogen (secondary N) is 1. The van der Waals surface area contributed by atoms with E-state index in [2.05, 4.69) is 5.32 Å². The van der Waals surface area contributed by atoms with Crippen molar-refractivity contribution < 1.29 is 22.4 Å². The molecule has 2 nitrogen and oxygen atoms in total. The van der Waals surface area contributed by atoms with E-state index in [4.69, 9.17) is 0 Å².